The predicted octanol–water partition coefficient (Wildman–Crippen LogP) is 0.285. The van der Waals surface area contributed by atoms with Crippen LogP contribution in [0.3, 0.4) is 0 Å². The van der Waals surface area contributed by atoms with Gasteiger partial charge in [0.25, 0.3) is 0 Å². The lowest BCUT2D eigenvalue weighted by atomic mass is 10.1. The molecule has 0 aromatic rings. The standard InChI is InChI=1S/C11H20N2O3/c14-8-10-9-16-7-6-13(10)11(15)12-4-2-1-3-5-12/h10,14H,1-9H2. The summed E-state index contributed by atoms with van der Waals surface area (Å²) in [5.41, 5.74) is 0. The van der Waals surface area contributed by atoms with Crippen LogP contribution in [0.5, 0.6) is 0 Å². The molecule has 2 aliphatic heterocycles. The van der Waals surface area contributed by atoms with Crippen molar-refractivity contribution in [3.8, 4) is 0 Å². The summed E-state index contributed by atoms with van der Waals surface area (Å²) in [4.78, 5) is 15.9. The summed E-state index contributed by atoms with van der Waals surface area (Å²) < 4.78 is 5.27. The summed E-state index contributed by atoms with van der Waals surface area (Å²) in [7, 11) is 0. The number of amides is 2. The highest BCUT2D eigenvalue weighted by Gasteiger charge is 2.30. The Morgan fingerprint density at radius 2 is 2.00 bits per heavy atom. The predicted molar refractivity (Wildman–Crippen MR) is 59.2 cm³/mol. The van der Waals surface area contributed by atoms with E-state index in [1.807, 2.05) is 4.90 Å². The molecule has 1 unspecified atom stereocenters. The molecule has 1 N–H and O–H groups in total. The second kappa shape index (κ2) is 5.50. The van der Waals surface area contributed by atoms with Crippen LogP contribution in [0.1, 0.15) is 19.3 Å². The highest BCUT2D eigenvalue weighted by molar-refractivity contribution is 5.75. The van der Waals surface area contributed by atoms with E-state index in [-0.39, 0.29) is 18.7 Å². The molecule has 2 saturated heterocycles. The molecular formula is C11H20N2O3. The first-order valence-corrected chi connectivity index (χ1v) is 6.07. The molecule has 0 saturated carbocycles. The van der Waals surface area contributed by atoms with Gasteiger partial charge in [-0.15, -0.1) is 0 Å². The second-order valence-electron chi connectivity index (χ2n) is 4.43. The fraction of sp³-hybridized carbons (Fsp3) is 0.909. The van der Waals surface area contributed by atoms with Gasteiger partial charge in [-0.05, 0) is 19.3 Å². The molecule has 1 atom stereocenters. The number of rotatable bonds is 1. The van der Waals surface area contributed by atoms with E-state index in [9.17, 15) is 9.90 Å². The number of nitrogens with zero attached hydrogens (tertiary/aromatic N) is 2. The Bertz CT molecular complexity index is 241. The first kappa shape index (κ1) is 11.7. The molecule has 92 valence electrons. The highest BCUT2D eigenvalue weighted by Crippen LogP contribution is 2.14. The number of carbonyl (C=O) groups is 1. The van der Waals surface area contributed by atoms with Gasteiger partial charge in [-0.1, -0.05) is 0 Å². The quantitative estimate of drug-likeness (QED) is 0.701. The summed E-state index contributed by atoms with van der Waals surface area (Å²) in [5, 5.41) is 9.22. The van der Waals surface area contributed by atoms with Crippen LogP contribution in [0.25, 0.3) is 0 Å². The molecule has 2 heterocycles. The zero-order chi connectivity index (χ0) is 11.4. The van der Waals surface area contributed by atoms with Crippen molar-refractivity contribution in [2.75, 3.05) is 39.5 Å². The van der Waals surface area contributed by atoms with Gasteiger partial charge in [0.15, 0.2) is 0 Å². The molecule has 2 amide bonds. The van der Waals surface area contributed by atoms with Gasteiger partial charge >= 0.3 is 6.03 Å². The average molecular weight is 228 g/mol. The lowest BCUT2D eigenvalue weighted by Crippen LogP contribution is -2.55. The van der Waals surface area contributed by atoms with Crippen LogP contribution >= 0.6 is 0 Å². The van der Waals surface area contributed by atoms with Gasteiger partial charge < -0.3 is 19.6 Å². The van der Waals surface area contributed by atoms with Crippen molar-refractivity contribution in [1.82, 2.24) is 9.80 Å². The van der Waals surface area contributed by atoms with E-state index in [1.165, 1.54) is 6.42 Å². The Balaban J connectivity index is 1.95. The number of urea groups is 1. The summed E-state index contributed by atoms with van der Waals surface area (Å²) in [5.74, 6) is 0. The highest BCUT2D eigenvalue weighted by atomic mass is 16.5. The summed E-state index contributed by atoms with van der Waals surface area (Å²) >= 11 is 0. The molecular weight excluding hydrogens is 208 g/mol. The Labute approximate surface area is 96.0 Å². The Morgan fingerprint density at radius 1 is 1.25 bits per heavy atom. The van der Waals surface area contributed by atoms with E-state index >= 15 is 0 Å². The average Bonchev–Trinajstić information content (AvgIpc) is 2.39. The van der Waals surface area contributed by atoms with E-state index < -0.39 is 0 Å². The smallest absolute Gasteiger partial charge is 0.320 e. The molecule has 2 rings (SSSR count). The van der Waals surface area contributed by atoms with Crippen LogP contribution in [-0.4, -0.2) is 66.4 Å². The van der Waals surface area contributed by atoms with Gasteiger partial charge in [0.05, 0.1) is 25.9 Å². The molecule has 2 fully saturated rings. The van der Waals surface area contributed by atoms with E-state index in [4.69, 9.17) is 4.74 Å². The SMILES string of the molecule is O=C(N1CCCCC1)N1CCOCC1CO. The molecule has 0 aromatic carbocycles. The number of aliphatic hydroxyl groups excluding tert-OH is 1. The molecule has 0 bridgehead atoms. The normalized spacial score (nSPS) is 26.9. The number of ether oxygens (including phenoxy) is 1. The van der Waals surface area contributed by atoms with Crippen molar-refractivity contribution in [1.29, 1.82) is 0 Å². The first-order valence-electron chi connectivity index (χ1n) is 6.07. The number of piperidine rings is 1. The van der Waals surface area contributed by atoms with Gasteiger partial charge in [-0.25, -0.2) is 4.79 Å². The zero-order valence-electron chi connectivity index (χ0n) is 9.60. The van der Waals surface area contributed by atoms with Crippen molar-refractivity contribution >= 4 is 6.03 Å². The van der Waals surface area contributed by atoms with E-state index in [2.05, 4.69) is 0 Å². The van der Waals surface area contributed by atoms with E-state index in [0.717, 1.165) is 25.9 Å². The summed E-state index contributed by atoms with van der Waals surface area (Å²) in [6.07, 6.45) is 3.41. The van der Waals surface area contributed by atoms with Crippen molar-refractivity contribution in [2.24, 2.45) is 0 Å². The number of aliphatic hydroxyl groups is 1. The molecule has 2 aliphatic rings. The third-order valence-corrected chi connectivity index (χ3v) is 3.31. The van der Waals surface area contributed by atoms with Crippen LogP contribution in [0.15, 0.2) is 0 Å². The Hall–Kier alpha value is -0.810. The fourth-order valence-electron chi connectivity index (χ4n) is 2.32. The minimum atomic E-state index is -0.164. The number of likely N-dealkylation sites (tertiary alicyclic amines) is 1. The molecule has 16 heavy (non-hydrogen) atoms. The van der Waals surface area contributed by atoms with Crippen LogP contribution in [0.2, 0.25) is 0 Å². The van der Waals surface area contributed by atoms with Crippen LogP contribution < -0.4 is 0 Å². The van der Waals surface area contributed by atoms with Crippen molar-refractivity contribution < 1.29 is 14.6 Å². The van der Waals surface area contributed by atoms with Crippen LogP contribution in [-0.2, 0) is 4.74 Å². The molecule has 5 nitrogen and oxygen atoms in total. The molecule has 0 spiro atoms. The topological polar surface area (TPSA) is 53.0 Å². The maximum absolute atomic E-state index is 12.2. The van der Waals surface area contributed by atoms with Crippen LogP contribution in [0, 0.1) is 0 Å². The first-order chi connectivity index (χ1) is 7.83. The lowest BCUT2D eigenvalue weighted by Gasteiger charge is -2.39. The number of morpholine rings is 1. The van der Waals surface area contributed by atoms with Crippen LogP contribution in [0.4, 0.5) is 4.79 Å². The van der Waals surface area contributed by atoms with Gasteiger partial charge in [0, 0.05) is 19.6 Å². The van der Waals surface area contributed by atoms with E-state index in [0.29, 0.717) is 19.8 Å². The monoisotopic (exact) mass is 228 g/mol. The Morgan fingerprint density at radius 3 is 2.69 bits per heavy atom. The lowest BCUT2D eigenvalue weighted by molar-refractivity contribution is -0.0158. The largest absolute Gasteiger partial charge is 0.394 e. The maximum Gasteiger partial charge on any atom is 0.320 e. The number of hydrogen-bond donors (Lipinski definition) is 1. The van der Waals surface area contributed by atoms with Gasteiger partial charge in [-0.2, -0.15) is 0 Å². The summed E-state index contributed by atoms with van der Waals surface area (Å²) in [6.45, 7) is 3.33. The van der Waals surface area contributed by atoms with Gasteiger partial charge in [-0.3, -0.25) is 0 Å². The van der Waals surface area contributed by atoms with Gasteiger partial charge in [0.1, 0.15) is 0 Å². The number of hydrogen-bond acceptors (Lipinski definition) is 3. The minimum absolute atomic E-state index is 0.0143. The third-order valence-electron chi connectivity index (χ3n) is 3.31. The molecule has 0 aliphatic carbocycles. The second-order valence-corrected chi connectivity index (χ2v) is 4.43. The molecule has 0 radical (unpaired) electrons. The maximum atomic E-state index is 12.2. The third kappa shape index (κ3) is 2.47. The van der Waals surface area contributed by atoms with Crippen molar-refractivity contribution in [3.63, 3.8) is 0 Å². The van der Waals surface area contributed by atoms with Crippen molar-refractivity contribution in [3.05, 3.63) is 0 Å². The van der Waals surface area contributed by atoms with Crippen molar-refractivity contribution in [2.45, 2.75) is 25.3 Å². The van der Waals surface area contributed by atoms with E-state index in [1.54, 1.807) is 4.90 Å². The molecule has 5 heteroatoms. The number of carbonyl (C=O) groups excluding carboxylic acids is 1. The minimum Gasteiger partial charge on any atom is -0.394 e. The fourth-order valence-corrected chi connectivity index (χ4v) is 2.32. The molecule has 0 aromatic heterocycles. The summed E-state index contributed by atoms with van der Waals surface area (Å²) in [6, 6.07) is -0.0924. The van der Waals surface area contributed by atoms with Gasteiger partial charge in [0.2, 0.25) is 0 Å². The Kier molecular flexibility index (Phi) is 4.01. The zero-order valence-corrected chi connectivity index (χ0v) is 9.60.